The van der Waals surface area contributed by atoms with Gasteiger partial charge in [0.2, 0.25) is 5.91 Å². The second-order valence-corrected chi connectivity index (χ2v) is 9.05. The number of hydrogen-bond acceptors (Lipinski definition) is 5. The van der Waals surface area contributed by atoms with Crippen LogP contribution in [0.15, 0.2) is 30.3 Å². The van der Waals surface area contributed by atoms with E-state index in [1.54, 1.807) is 0 Å². The van der Waals surface area contributed by atoms with Crippen molar-refractivity contribution >= 4 is 21.7 Å². The zero-order valence-corrected chi connectivity index (χ0v) is 16.0. The molecule has 1 aliphatic rings. The fourth-order valence-corrected chi connectivity index (χ4v) is 4.65. The van der Waals surface area contributed by atoms with Gasteiger partial charge in [0, 0.05) is 0 Å². The summed E-state index contributed by atoms with van der Waals surface area (Å²) in [5, 5.41) is 2.65. The van der Waals surface area contributed by atoms with Gasteiger partial charge in [-0.2, -0.15) is 0 Å². The molecular weight excluding hydrogens is 354 g/mol. The lowest BCUT2D eigenvalue weighted by atomic mass is 9.81. The van der Waals surface area contributed by atoms with Crippen molar-refractivity contribution in [1.29, 1.82) is 0 Å². The lowest BCUT2D eigenvalue weighted by Crippen LogP contribution is -2.57. The van der Waals surface area contributed by atoms with Crippen LogP contribution in [0.4, 0.5) is 0 Å². The molecule has 0 unspecified atom stereocenters. The predicted octanol–water partition coefficient (Wildman–Crippen LogP) is 2.03. The number of benzene rings is 1. The Morgan fingerprint density at radius 1 is 1.12 bits per heavy atom. The lowest BCUT2D eigenvalue weighted by molar-refractivity contribution is -0.152. The average molecular weight is 381 g/mol. The summed E-state index contributed by atoms with van der Waals surface area (Å²) >= 11 is 0. The fraction of sp³-hybridized carbons (Fsp3) is 0.579. The van der Waals surface area contributed by atoms with E-state index >= 15 is 0 Å². The second kappa shape index (κ2) is 9.16. The molecular formula is C19H27NO5S. The van der Waals surface area contributed by atoms with E-state index in [9.17, 15) is 18.0 Å². The third-order valence-corrected chi connectivity index (χ3v) is 6.39. The Balaban J connectivity index is 1.89. The van der Waals surface area contributed by atoms with Gasteiger partial charge in [-0.3, -0.25) is 4.79 Å². The zero-order valence-electron chi connectivity index (χ0n) is 15.2. The second-order valence-electron chi connectivity index (χ2n) is 6.86. The van der Waals surface area contributed by atoms with Crippen molar-refractivity contribution < 1.29 is 22.7 Å². The largest absolute Gasteiger partial charge is 0.467 e. The maximum Gasteiger partial charge on any atom is 0.331 e. The number of nitrogens with one attached hydrogen (secondary N) is 1. The average Bonchev–Trinajstić information content (AvgIpc) is 2.61. The Morgan fingerprint density at radius 3 is 2.38 bits per heavy atom. The number of sulfone groups is 1. The van der Waals surface area contributed by atoms with E-state index in [1.165, 1.54) is 7.11 Å². The molecule has 1 aromatic carbocycles. The predicted molar refractivity (Wildman–Crippen MR) is 99.4 cm³/mol. The maximum atomic E-state index is 12.3. The van der Waals surface area contributed by atoms with Gasteiger partial charge >= 0.3 is 5.97 Å². The molecule has 144 valence electrons. The molecule has 1 N–H and O–H groups in total. The molecule has 0 spiro atoms. The van der Waals surface area contributed by atoms with Crippen LogP contribution < -0.4 is 5.32 Å². The first kappa shape index (κ1) is 20.4. The highest BCUT2D eigenvalue weighted by atomic mass is 32.2. The molecule has 0 bridgehead atoms. The quantitative estimate of drug-likeness (QED) is 0.696. The Kier molecular flexibility index (Phi) is 7.20. The Morgan fingerprint density at radius 2 is 1.77 bits per heavy atom. The van der Waals surface area contributed by atoms with E-state index in [0.29, 0.717) is 25.7 Å². The zero-order chi connectivity index (χ0) is 19.0. The summed E-state index contributed by atoms with van der Waals surface area (Å²) in [4.78, 5) is 24.4. The molecule has 1 aliphatic carbocycles. The first-order valence-electron chi connectivity index (χ1n) is 9.01. The smallest absolute Gasteiger partial charge is 0.331 e. The Labute approximate surface area is 155 Å². The van der Waals surface area contributed by atoms with Gasteiger partial charge in [0.1, 0.15) is 11.3 Å². The molecule has 1 saturated carbocycles. The van der Waals surface area contributed by atoms with Crippen molar-refractivity contribution in [2.45, 2.75) is 50.5 Å². The summed E-state index contributed by atoms with van der Waals surface area (Å²) in [7, 11) is -2.24. The number of carbonyl (C=O) groups is 2. The normalized spacial score (nSPS) is 16.7. The highest BCUT2D eigenvalue weighted by Gasteiger charge is 2.42. The molecule has 1 fully saturated rings. The SMILES string of the molecule is COC(=O)C1(NC(=O)CS(=O)(=O)CCCc2ccccc2)CCCCC1. The van der Waals surface area contributed by atoms with E-state index < -0.39 is 33.0 Å². The minimum Gasteiger partial charge on any atom is -0.467 e. The van der Waals surface area contributed by atoms with E-state index in [1.807, 2.05) is 30.3 Å². The van der Waals surface area contributed by atoms with Crippen LogP contribution >= 0.6 is 0 Å². The van der Waals surface area contributed by atoms with Gasteiger partial charge < -0.3 is 10.1 Å². The number of methoxy groups -OCH3 is 1. The monoisotopic (exact) mass is 381 g/mol. The molecule has 0 aromatic heterocycles. The first-order valence-corrected chi connectivity index (χ1v) is 10.8. The van der Waals surface area contributed by atoms with E-state index in [-0.39, 0.29) is 5.75 Å². The number of rotatable bonds is 8. The molecule has 0 heterocycles. The number of esters is 1. The van der Waals surface area contributed by atoms with Crippen LogP contribution in [-0.2, 0) is 30.6 Å². The van der Waals surface area contributed by atoms with Gasteiger partial charge in [-0.1, -0.05) is 49.6 Å². The topological polar surface area (TPSA) is 89.5 Å². The van der Waals surface area contributed by atoms with E-state index in [0.717, 1.165) is 24.8 Å². The van der Waals surface area contributed by atoms with Gasteiger partial charge in [-0.15, -0.1) is 0 Å². The molecule has 0 aliphatic heterocycles. The van der Waals surface area contributed by atoms with Gasteiger partial charge in [0.15, 0.2) is 9.84 Å². The van der Waals surface area contributed by atoms with E-state index in [2.05, 4.69) is 5.32 Å². The van der Waals surface area contributed by atoms with Crippen LogP contribution in [0.3, 0.4) is 0 Å². The van der Waals surface area contributed by atoms with Crippen molar-refractivity contribution in [2.24, 2.45) is 0 Å². The van der Waals surface area contributed by atoms with Gasteiger partial charge in [-0.05, 0) is 31.2 Å². The van der Waals surface area contributed by atoms with Crippen molar-refractivity contribution in [3.8, 4) is 0 Å². The highest BCUT2D eigenvalue weighted by molar-refractivity contribution is 7.92. The fourth-order valence-electron chi connectivity index (χ4n) is 3.45. The summed E-state index contributed by atoms with van der Waals surface area (Å²) in [6.07, 6.45) is 4.68. The molecule has 1 aromatic rings. The molecule has 6 nitrogen and oxygen atoms in total. The maximum absolute atomic E-state index is 12.3. The molecule has 0 saturated heterocycles. The van der Waals surface area contributed by atoms with E-state index in [4.69, 9.17) is 4.74 Å². The molecule has 26 heavy (non-hydrogen) atoms. The van der Waals surface area contributed by atoms with Crippen molar-refractivity contribution in [3.63, 3.8) is 0 Å². The summed E-state index contributed by atoms with van der Waals surface area (Å²) in [6, 6.07) is 9.62. The molecule has 7 heteroatoms. The number of aryl methyl sites for hydroxylation is 1. The molecule has 0 atom stereocenters. The Bertz CT molecular complexity index is 709. The lowest BCUT2D eigenvalue weighted by Gasteiger charge is -2.35. The third-order valence-electron chi connectivity index (χ3n) is 4.78. The summed E-state index contributed by atoms with van der Waals surface area (Å²) in [5.41, 5.74) is -0.0112. The van der Waals surface area contributed by atoms with Crippen LogP contribution in [0.25, 0.3) is 0 Å². The van der Waals surface area contributed by atoms with Crippen molar-refractivity contribution in [3.05, 3.63) is 35.9 Å². The minimum absolute atomic E-state index is 0.0550. The van der Waals surface area contributed by atoms with Crippen LogP contribution in [0.2, 0.25) is 0 Å². The Hall–Kier alpha value is -1.89. The van der Waals surface area contributed by atoms with Crippen LogP contribution in [0, 0.1) is 0 Å². The number of amides is 1. The number of carbonyl (C=O) groups excluding carboxylic acids is 2. The van der Waals surface area contributed by atoms with Gasteiger partial charge in [0.25, 0.3) is 0 Å². The van der Waals surface area contributed by atoms with Crippen LogP contribution in [0.5, 0.6) is 0 Å². The number of hydrogen-bond donors (Lipinski definition) is 1. The van der Waals surface area contributed by atoms with Crippen LogP contribution in [-0.4, -0.2) is 44.4 Å². The summed E-state index contributed by atoms with van der Waals surface area (Å²) < 4.78 is 29.3. The van der Waals surface area contributed by atoms with Crippen molar-refractivity contribution in [1.82, 2.24) is 5.32 Å². The number of ether oxygens (including phenoxy) is 1. The molecule has 0 radical (unpaired) electrons. The third kappa shape index (κ3) is 5.83. The van der Waals surface area contributed by atoms with Crippen LogP contribution in [0.1, 0.15) is 44.1 Å². The van der Waals surface area contributed by atoms with Crippen molar-refractivity contribution in [2.75, 3.05) is 18.6 Å². The van der Waals surface area contributed by atoms with Gasteiger partial charge in [0.05, 0.1) is 12.9 Å². The molecule has 2 rings (SSSR count). The summed E-state index contributed by atoms with van der Waals surface area (Å²) in [5.74, 6) is -1.77. The summed E-state index contributed by atoms with van der Waals surface area (Å²) in [6.45, 7) is 0. The van der Waals surface area contributed by atoms with Gasteiger partial charge in [-0.25, -0.2) is 13.2 Å². The molecule has 1 amide bonds. The first-order chi connectivity index (χ1) is 12.4. The standard InChI is InChI=1S/C19H27NO5S/c1-25-18(22)19(12-6-3-7-13-19)20-17(21)15-26(23,24)14-8-11-16-9-4-2-5-10-16/h2,4-5,9-10H,3,6-8,11-15H2,1H3,(H,20,21). The highest BCUT2D eigenvalue weighted by Crippen LogP contribution is 2.29. The minimum atomic E-state index is -3.53.